The van der Waals surface area contributed by atoms with E-state index in [4.69, 9.17) is 10.5 Å². The minimum atomic E-state index is -0.608. The van der Waals surface area contributed by atoms with E-state index in [0.29, 0.717) is 30.5 Å². The van der Waals surface area contributed by atoms with Gasteiger partial charge in [-0.15, -0.1) is 0 Å². The van der Waals surface area contributed by atoms with Crippen LogP contribution in [0.2, 0.25) is 0 Å². The van der Waals surface area contributed by atoms with Gasteiger partial charge in [0.15, 0.2) is 6.61 Å². The highest BCUT2D eigenvalue weighted by molar-refractivity contribution is 5.91. The van der Waals surface area contributed by atoms with Crippen molar-refractivity contribution in [1.29, 1.82) is 0 Å². The summed E-state index contributed by atoms with van der Waals surface area (Å²) < 4.78 is 5.13. The molecule has 0 spiro atoms. The van der Waals surface area contributed by atoms with Gasteiger partial charge in [0.2, 0.25) is 0 Å². The van der Waals surface area contributed by atoms with Gasteiger partial charge in [-0.05, 0) is 36.0 Å². The average Bonchev–Trinajstić information content (AvgIpc) is 2.57. The molecule has 1 aromatic rings. The number of carbonyl (C=O) groups is 3. The monoisotopic (exact) mass is 347 g/mol. The molecule has 7 nitrogen and oxygen atoms in total. The van der Waals surface area contributed by atoms with E-state index >= 15 is 0 Å². The van der Waals surface area contributed by atoms with Crippen LogP contribution in [0.1, 0.15) is 36.2 Å². The number of primary amides is 1. The number of nitrogens with one attached hydrogen (secondary N) is 1. The molecule has 2 atom stereocenters. The number of piperidine rings is 1. The minimum absolute atomic E-state index is 0.158. The maximum Gasteiger partial charge on any atom is 0.338 e. The molecule has 1 saturated heterocycles. The predicted octanol–water partition coefficient (Wildman–Crippen LogP) is 1.52. The number of rotatable bonds is 5. The van der Waals surface area contributed by atoms with Crippen molar-refractivity contribution in [2.24, 2.45) is 17.6 Å². The Morgan fingerprint density at radius 3 is 2.32 bits per heavy atom. The van der Waals surface area contributed by atoms with Crippen molar-refractivity contribution in [2.75, 3.05) is 19.7 Å². The zero-order valence-electron chi connectivity index (χ0n) is 14.7. The lowest BCUT2D eigenvalue weighted by Crippen LogP contribution is -2.44. The molecule has 0 bridgehead atoms. The number of nitrogens with zero attached hydrogens (tertiary/aromatic N) is 1. The minimum Gasteiger partial charge on any atom is -0.452 e. The van der Waals surface area contributed by atoms with E-state index in [-0.39, 0.29) is 19.1 Å². The van der Waals surface area contributed by atoms with Crippen LogP contribution in [0.5, 0.6) is 0 Å². The molecule has 1 fully saturated rings. The second-order valence-electron chi connectivity index (χ2n) is 6.74. The zero-order chi connectivity index (χ0) is 18.4. The molecule has 2 unspecified atom stereocenters. The van der Waals surface area contributed by atoms with Crippen molar-refractivity contribution in [3.05, 3.63) is 35.4 Å². The number of benzene rings is 1. The van der Waals surface area contributed by atoms with Gasteiger partial charge in [0.25, 0.3) is 5.91 Å². The molecule has 1 aromatic carbocycles. The summed E-state index contributed by atoms with van der Waals surface area (Å²) in [4.78, 5) is 36.7. The second-order valence-corrected chi connectivity index (χ2v) is 6.74. The Kier molecular flexibility index (Phi) is 6.38. The molecule has 0 aliphatic carbocycles. The first-order valence-electron chi connectivity index (χ1n) is 8.42. The number of hydrogen-bond acceptors (Lipinski definition) is 4. The highest BCUT2D eigenvalue weighted by atomic mass is 16.5. The van der Waals surface area contributed by atoms with Crippen LogP contribution in [0.15, 0.2) is 24.3 Å². The molecule has 136 valence electrons. The van der Waals surface area contributed by atoms with Gasteiger partial charge in [-0.2, -0.15) is 0 Å². The zero-order valence-corrected chi connectivity index (χ0v) is 14.7. The molecule has 2 rings (SSSR count). The van der Waals surface area contributed by atoms with E-state index in [2.05, 4.69) is 19.2 Å². The predicted molar refractivity (Wildman–Crippen MR) is 92.7 cm³/mol. The quantitative estimate of drug-likeness (QED) is 0.788. The molecule has 0 aromatic heterocycles. The van der Waals surface area contributed by atoms with Crippen molar-refractivity contribution >= 4 is 17.9 Å². The number of nitrogens with two attached hydrogens (primary N) is 1. The first kappa shape index (κ1) is 18.8. The third-order valence-electron chi connectivity index (χ3n) is 4.20. The van der Waals surface area contributed by atoms with E-state index in [9.17, 15) is 14.4 Å². The Morgan fingerprint density at radius 2 is 1.76 bits per heavy atom. The van der Waals surface area contributed by atoms with Gasteiger partial charge >= 0.3 is 12.0 Å². The van der Waals surface area contributed by atoms with Gasteiger partial charge < -0.3 is 20.7 Å². The molecule has 25 heavy (non-hydrogen) atoms. The number of ether oxygens (including phenoxy) is 1. The molecular formula is C18H25N3O4. The molecule has 7 heteroatoms. The summed E-state index contributed by atoms with van der Waals surface area (Å²) in [5.74, 6) is 0.227. The Labute approximate surface area is 147 Å². The van der Waals surface area contributed by atoms with Crippen LogP contribution in [-0.2, 0) is 16.1 Å². The van der Waals surface area contributed by atoms with Crippen LogP contribution in [0.4, 0.5) is 4.79 Å². The van der Waals surface area contributed by atoms with Crippen LogP contribution < -0.4 is 11.1 Å². The van der Waals surface area contributed by atoms with Crippen molar-refractivity contribution in [3.8, 4) is 0 Å². The molecule has 3 N–H and O–H groups in total. The number of urea groups is 1. The van der Waals surface area contributed by atoms with Crippen LogP contribution >= 0.6 is 0 Å². The molecule has 0 radical (unpaired) electrons. The molecule has 3 amide bonds. The smallest absolute Gasteiger partial charge is 0.338 e. The largest absolute Gasteiger partial charge is 0.452 e. The Balaban J connectivity index is 1.83. The SMILES string of the molecule is CC1CC(C)CN(C(=O)COC(=O)c2ccc(CNC(N)=O)cc2)C1. The maximum absolute atomic E-state index is 12.2. The van der Waals surface area contributed by atoms with E-state index in [1.165, 1.54) is 0 Å². The fourth-order valence-corrected chi connectivity index (χ4v) is 3.12. The lowest BCUT2D eigenvalue weighted by Gasteiger charge is -2.34. The summed E-state index contributed by atoms with van der Waals surface area (Å²) in [5, 5.41) is 2.47. The Hall–Kier alpha value is -2.57. The summed E-state index contributed by atoms with van der Waals surface area (Å²) in [6.07, 6.45) is 1.11. The molecule has 0 saturated carbocycles. The maximum atomic E-state index is 12.2. The number of likely N-dealkylation sites (tertiary alicyclic amines) is 1. The fraction of sp³-hybridized carbons (Fsp3) is 0.500. The van der Waals surface area contributed by atoms with E-state index in [1.54, 1.807) is 29.2 Å². The Morgan fingerprint density at radius 1 is 1.16 bits per heavy atom. The van der Waals surface area contributed by atoms with Crippen LogP contribution in [-0.4, -0.2) is 42.5 Å². The van der Waals surface area contributed by atoms with Crippen LogP contribution in [0.25, 0.3) is 0 Å². The average molecular weight is 347 g/mol. The second kappa shape index (κ2) is 8.50. The highest BCUT2D eigenvalue weighted by Crippen LogP contribution is 2.21. The third kappa shape index (κ3) is 5.77. The molecule has 1 aliphatic heterocycles. The summed E-state index contributed by atoms with van der Waals surface area (Å²) >= 11 is 0. The van der Waals surface area contributed by atoms with Crippen molar-refractivity contribution in [1.82, 2.24) is 10.2 Å². The van der Waals surface area contributed by atoms with E-state index < -0.39 is 12.0 Å². The number of esters is 1. The summed E-state index contributed by atoms with van der Waals surface area (Å²) in [6, 6.07) is 5.97. The fourth-order valence-electron chi connectivity index (χ4n) is 3.12. The lowest BCUT2D eigenvalue weighted by atomic mass is 9.92. The highest BCUT2D eigenvalue weighted by Gasteiger charge is 2.26. The van der Waals surface area contributed by atoms with E-state index in [1.807, 2.05) is 0 Å². The molecule has 1 aliphatic rings. The molecular weight excluding hydrogens is 322 g/mol. The van der Waals surface area contributed by atoms with Crippen LogP contribution in [0.3, 0.4) is 0 Å². The number of hydrogen-bond donors (Lipinski definition) is 2. The van der Waals surface area contributed by atoms with E-state index in [0.717, 1.165) is 12.0 Å². The van der Waals surface area contributed by atoms with Crippen molar-refractivity contribution in [3.63, 3.8) is 0 Å². The normalized spacial score (nSPS) is 20.0. The van der Waals surface area contributed by atoms with Gasteiger partial charge in [0.1, 0.15) is 0 Å². The van der Waals surface area contributed by atoms with Gasteiger partial charge in [0.05, 0.1) is 5.56 Å². The third-order valence-corrected chi connectivity index (χ3v) is 4.20. The standard InChI is InChI=1S/C18H25N3O4/c1-12-7-13(2)10-21(9-12)16(22)11-25-17(23)15-5-3-14(4-6-15)8-20-18(19)24/h3-6,12-13H,7-11H2,1-2H3,(H3,19,20,24). The van der Waals surface area contributed by atoms with Gasteiger partial charge in [0, 0.05) is 19.6 Å². The lowest BCUT2D eigenvalue weighted by molar-refractivity contribution is -0.137. The first-order valence-corrected chi connectivity index (χ1v) is 8.42. The van der Waals surface area contributed by atoms with Crippen LogP contribution in [0, 0.1) is 11.8 Å². The topological polar surface area (TPSA) is 102 Å². The van der Waals surface area contributed by atoms with Gasteiger partial charge in [-0.1, -0.05) is 26.0 Å². The number of amides is 3. The molecule has 1 heterocycles. The van der Waals surface area contributed by atoms with Crippen molar-refractivity contribution in [2.45, 2.75) is 26.8 Å². The van der Waals surface area contributed by atoms with Gasteiger partial charge in [-0.3, -0.25) is 4.79 Å². The Bertz CT molecular complexity index is 620. The number of carbonyl (C=O) groups excluding carboxylic acids is 3. The summed E-state index contributed by atoms with van der Waals surface area (Å²) in [6.45, 7) is 5.70. The van der Waals surface area contributed by atoms with Crippen molar-refractivity contribution < 1.29 is 19.1 Å². The summed E-state index contributed by atoms with van der Waals surface area (Å²) in [7, 11) is 0. The van der Waals surface area contributed by atoms with Gasteiger partial charge in [-0.25, -0.2) is 9.59 Å². The summed E-state index contributed by atoms with van der Waals surface area (Å²) in [5.41, 5.74) is 6.17. The first-order chi connectivity index (χ1) is 11.8.